The fourth-order valence-corrected chi connectivity index (χ4v) is 3.60. The standard InChI is InChI=1S/C15H17NO4S/c1-19-13-8-7-12(16)9-11(13)10-21(17,18)15-6-4-3-5-14(15)20-2/h3-9H,10,16H2,1-2H3. The molecule has 0 bridgehead atoms. The molecule has 0 radical (unpaired) electrons. The number of rotatable bonds is 5. The summed E-state index contributed by atoms with van der Waals surface area (Å²) in [5.74, 6) is 0.602. The van der Waals surface area contributed by atoms with Gasteiger partial charge in [-0.1, -0.05) is 12.1 Å². The van der Waals surface area contributed by atoms with Crippen LogP contribution in [0, 0.1) is 0 Å². The maximum Gasteiger partial charge on any atom is 0.186 e. The average Bonchev–Trinajstić information content (AvgIpc) is 2.47. The summed E-state index contributed by atoms with van der Waals surface area (Å²) in [7, 11) is -0.635. The molecule has 0 atom stereocenters. The molecule has 2 aromatic rings. The van der Waals surface area contributed by atoms with E-state index in [0.717, 1.165) is 0 Å². The summed E-state index contributed by atoms with van der Waals surface area (Å²) < 4.78 is 35.5. The van der Waals surface area contributed by atoms with Crippen molar-refractivity contribution >= 4 is 15.5 Å². The largest absolute Gasteiger partial charge is 0.496 e. The maximum atomic E-state index is 12.6. The molecule has 0 saturated heterocycles. The van der Waals surface area contributed by atoms with Gasteiger partial charge in [0.25, 0.3) is 0 Å². The van der Waals surface area contributed by atoms with Crippen molar-refractivity contribution in [3.63, 3.8) is 0 Å². The Hall–Kier alpha value is -2.21. The van der Waals surface area contributed by atoms with Gasteiger partial charge in [0, 0.05) is 11.3 Å². The van der Waals surface area contributed by atoms with Crippen molar-refractivity contribution in [1.29, 1.82) is 0 Å². The van der Waals surface area contributed by atoms with Gasteiger partial charge in [-0.15, -0.1) is 0 Å². The number of nitrogen functional groups attached to an aromatic ring is 1. The third-order valence-corrected chi connectivity index (χ3v) is 4.75. The number of benzene rings is 2. The first-order valence-corrected chi connectivity index (χ1v) is 7.91. The molecule has 0 unspecified atom stereocenters. The summed E-state index contributed by atoms with van der Waals surface area (Å²) in [6.07, 6.45) is 0. The normalized spacial score (nSPS) is 11.1. The number of hydrogen-bond acceptors (Lipinski definition) is 5. The lowest BCUT2D eigenvalue weighted by Crippen LogP contribution is -2.08. The Balaban J connectivity index is 2.45. The number of ether oxygens (including phenoxy) is 2. The van der Waals surface area contributed by atoms with Gasteiger partial charge in [0.15, 0.2) is 9.84 Å². The van der Waals surface area contributed by atoms with E-state index in [-0.39, 0.29) is 10.6 Å². The zero-order valence-electron chi connectivity index (χ0n) is 11.9. The highest BCUT2D eigenvalue weighted by molar-refractivity contribution is 7.90. The van der Waals surface area contributed by atoms with Crippen molar-refractivity contribution in [2.75, 3.05) is 20.0 Å². The fourth-order valence-electron chi connectivity index (χ4n) is 2.07. The molecule has 0 aliphatic carbocycles. The summed E-state index contributed by atoms with van der Waals surface area (Å²) in [6, 6.07) is 11.4. The molecule has 2 N–H and O–H groups in total. The first kappa shape index (κ1) is 15.2. The topological polar surface area (TPSA) is 78.6 Å². The molecule has 112 valence electrons. The fraction of sp³-hybridized carbons (Fsp3) is 0.200. The Morgan fingerprint density at radius 1 is 1.00 bits per heavy atom. The zero-order chi connectivity index (χ0) is 15.5. The quantitative estimate of drug-likeness (QED) is 0.857. The minimum absolute atomic E-state index is 0.150. The van der Waals surface area contributed by atoms with Crippen LogP contribution >= 0.6 is 0 Å². The first-order chi connectivity index (χ1) is 9.97. The highest BCUT2D eigenvalue weighted by Gasteiger charge is 2.21. The van der Waals surface area contributed by atoms with Crippen LogP contribution in [0.5, 0.6) is 11.5 Å². The second kappa shape index (κ2) is 6.05. The highest BCUT2D eigenvalue weighted by Crippen LogP contribution is 2.30. The molecular weight excluding hydrogens is 290 g/mol. The van der Waals surface area contributed by atoms with Gasteiger partial charge in [0.1, 0.15) is 16.4 Å². The summed E-state index contributed by atoms with van der Waals surface area (Å²) in [6.45, 7) is 0. The average molecular weight is 307 g/mol. The molecule has 0 saturated carbocycles. The van der Waals surface area contributed by atoms with E-state index in [4.69, 9.17) is 15.2 Å². The van der Waals surface area contributed by atoms with Crippen LogP contribution in [0.4, 0.5) is 5.69 Å². The van der Waals surface area contributed by atoms with Crippen LogP contribution in [-0.2, 0) is 15.6 Å². The molecule has 6 heteroatoms. The summed E-state index contributed by atoms with van der Waals surface area (Å²) in [5.41, 5.74) is 6.72. The van der Waals surface area contributed by atoms with Crippen molar-refractivity contribution in [3.05, 3.63) is 48.0 Å². The lowest BCUT2D eigenvalue weighted by molar-refractivity contribution is 0.402. The predicted octanol–water partition coefficient (Wildman–Crippen LogP) is 2.26. The molecule has 0 aliphatic rings. The van der Waals surface area contributed by atoms with Crippen molar-refractivity contribution < 1.29 is 17.9 Å². The summed E-state index contributed by atoms with van der Waals surface area (Å²) in [4.78, 5) is 0.150. The smallest absolute Gasteiger partial charge is 0.186 e. The Morgan fingerprint density at radius 3 is 2.33 bits per heavy atom. The van der Waals surface area contributed by atoms with Gasteiger partial charge in [0.2, 0.25) is 0 Å². The summed E-state index contributed by atoms with van der Waals surface area (Å²) >= 11 is 0. The third kappa shape index (κ3) is 3.28. The van der Waals surface area contributed by atoms with E-state index >= 15 is 0 Å². The number of anilines is 1. The lowest BCUT2D eigenvalue weighted by atomic mass is 10.2. The molecule has 0 aliphatic heterocycles. The van der Waals surface area contributed by atoms with Crippen LogP contribution in [0.3, 0.4) is 0 Å². The van der Waals surface area contributed by atoms with Crippen LogP contribution in [0.25, 0.3) is 0 Å². The molecule has 0 heterocycles. The number of nitrogens with two attached hydrogens (primary N) is 1. The van der Waals surface area contributed by atoms with E-state index in [9.17, 15) is 8.42 Å². The number of hydrogen-bond donors (Lipinski definition) is 1. The van der Waals surface area contributed by atoms with Gasteiger partial charge < -0.3 is 15.2 Å². The van der Waals surface area contributed by atoms with Gasteiger partial charge in [-0.2, -0.15) is 0 Å². The Morgan fingerprint density at radius 2 is 1.67 bits per heavy atom. The maximum absolute atomic E-state index is 12.6. The Kier molecular flexibility index (Phi) is 4.37. The predicted molar refractivity (Wildman–Crippen MR) is 81.3 cm³/mol. The van der Waals surface area contributed by atoms with Crippen molar-refractivity contribution in [1.82, 2.24) is 0 Å². The van der Waals surface area contributed by atoms with E-state index in [2.05, 4.69) is 0 Å². The molecule has 21 heavy (non-hydrogen) atoms. The summed E-state index contributed by atoms with van der Waals surface area (Å²) in [5, 5.41) is 0. The van der Waals surface area contributed by atoms with Crippen LogP contribution < -0.4 is 15.2 Å². The van der Waals surface area contributed by atoms with Crippen LogP contribution in [0.2, 0.25) is 0 Å². The lowest BCUT2D eigenvalue weighted by Gasteiger charge is -2.12. The van der Waals surface area contributed by atoms with Crippen LogP contribution in [0.15, 0.2) is 47.4 Å². The Bertz CT molecular complexity index is 741. The number of sulfone groups is 1. The zero-order valence-corrected chi connectivity index (χ0v) is 12.7. The van der Waals surface area contributed by atoms with Crippen molar-refractivity contribution in [2.24, 2.45) is 0 Å². The molecule has 0 aromatic heterocycles. The van der Waals surface area contributed by atoms with E-state index < -0.39 is 9.84 Å². The minimum Gasteiger partial charge on any atom is -0.496 e. The van der Waals surface area contributed by atoms with E-state index in [0.29, 0.717) is 22.7 Å². The van der Waals surface area contributed by atoms with Gasteiger partial charge in [-0.25, -0.2) is 8.42 Å². The first-order valence-electron chi connectivity index (χ1n) is 6.26. The van der Waals surface area contributed by atoms with Crippen LogP contribution in [-0.4, -0.2) is 22.6 Å². The van der Waals surface area contributed by atoms with E-state index in [1.54, 1.807) is 36.4 Å². The van der Waals surface area contributed by atoms with E-state index in [1.165, 1.54) is 20.3 Å². The molecule has 5 nitrogen and oxygen atoms in total. The van der Waals surface area contributed by atoms with Gasteiger partial charge in [-0.05, 0) is 30.3 Å². The van der Waals surface area contributed by atoms with Crippen LogP contribution in [0.1, 0.15) is 5.56 Å². The van der Waals surface area contributed by atoms with E-state index in [1.807, 2.05) is 0 Å². The molecule has 0 fully saturated rings. The molecule has 0 amide bonds. The third-order valence-electron chi connectivity index (χ3n) is 3.05. The second-order valence-electron chi connectivity index (χ2n) is 4.48. The SMILES string of the molecule is COc1ccc(N)cc1CS(=O)(=O)c1ccccc1OC. The number of para-hydroxylation sites is 1. The van der Waals surface area contributed by atoms with Gasteiger partial charge >= 0.3 is 0 Å². The molecule has 2 rings (SSSR count). The monoisotopic (exact) mass is 307 g/mol. The Labute approximate surface area is 124 Å². The van der Waals surface area contributed by atoms with Gasteiger partial charge in [-0.3, -0.25) is 0 Å². The number of methoxy groups -OCH3 is 2. The van der Waals surface area contributed by atoms with Crippen molar-refractivity contribution in [2.45, 2.75) is 10.6 Å². The highest BCUT2D eigenvalue weighted by atomic mass is 32.2. The van der Waals surface area contributed by atoms with Gasteiger partial charge in [0.05, 0.1) is 20.0 Å². The van der Waals surface area contributed by atoms with Crippen molar-refractivity contribution in [3.8, 4) is 11.5 Å². The molecule has 0 spiro atoms. The molecular formula is C15H17NO4S. The minimum atomic E-state index is -3.57. The second-order valence-corrected chi connectivity index (χ2v) is 6.44. The molecule has 2 aromatic carbocycles.